The van der Waals surface area contributed by atoms with E-state index in [2.05, 4.69) is 102 Å². The Balaban J connectivity index is 2.74. The summed E-state index contributed by atoms with van der Waals surface area (Å²) >= 11 is 0. The fourth-order valence-corrected chi connectivity index (χ4v) is 9.13. The van der Waals surface area contributed by atoms with Crippen LogP contribution in [0.15, 0.2) is 48.5 Å². The Kier molecular flexibility index (Phi) is 7.76. The van der Waals surface area contributed by atoms with Crippen LogP contribution >= 0.6 is 7.92 Å². The molecule has 0 radical (unpaired) electrons. The first-order chi connectivity index (χ1) is 13.6. The van der Waals surface area contributed by atoms with Gasteiger partial charge in [0.05, 0.1) is 21.8 Å². The first-order valence-corrected chi connectivity index (χ1v) is 13.3. The van der Waals surface area contributed by atoms with E-state index in [4.69, 9.17) is 0 Å². The van der Waals surface area contributed by atoms with Gasteiger partial charge >= 0.3 is 0 Å². The van der Waals surface area contributed by atoms with Crippen molar-refractivity contribution in [2.45, 2.75) is 90.3 Å². The van der Waals surface area contributed by atoms with Crippen molar-refractivity contribution in [2.24, 2.45) is 0 Å². The molecule has 0 bridgehead atoms. The van der Waals surface area contributed by atoms with Crippen LogP contribution in [0.4, 0.5) is 0 Å². The molecule has 4 heteroatoms. The zero-order chi connectivity index (χ0) is 22.9. The van der Waals surface area contributed by atoms with Gasteiger partial charge in [0.15, 0.2) is 0 Å². The van der Waals surface area contributed by atoms with Gasteiger partial charge in [-0.15, -0.1) is 0 Å². The second-order valence-electron chi connectivity index (χ2n) is 11.0. The van der Waals surface area contributed by atoms with Gasteiger partial charge in [-0.2, -0.15) is 0 Å². The smallest absolute Gasteiger partial charge is 0.0979 e. The molecule has 30 heavy (non-hydrogen) atoms. The van der Waals surface area contributed by atoms with Crippen LogP contribution in [-0.2, 0) is 11.0 Å². The summed E-state index contributed by atoms with van der Waals surface area (Å²) in [6.45, 7) is 22.3. The number of nitrogens with one attached hydrogen (secondary N) is 1. The molecule has 0 aromatic heterocycles. The molecule has 0 saturated heterocycles. The van der Waals surface area contributed by atoms with Crippen molar-refractivity contribution in [1.82, 2.24) is 4.72 Å². The lowest BCUT2D eigenvalue weighted by atomic mass is 9.96. The number of hydrogen-bond donors (Lipinski definition) is 1. The van der Waals surface area contributed by atoms with E-state index in [0.29, 0.717) is 0 Å². The minimum atomic E-state index is -1.18. The Labute approximate surface area is 188 Å². The third-order valence-electron chi connectivity index (χ3n) is 5.11. The summed E-state index contributed by atoms with van der Waals surface area (Å²) in [6.07, 6.45) is 0. The molecule has 2 aromatic carbocycles. The second-order valence-corrected chi connectivity index (χ2v) is 16.9. The lowest BCUT2D eigenvalue weighted by Gasteiger charge is -2.43. The van der Waals surface area contributed by atoms with Crippen molar-refractivity contribution in [2.75, 3.05) is 0 Å². The normalized spacial score (nSPS) is 15.3. The quantitative estimate of drug-likeness (QED) is 0.502. The minimum Gasteiger partial charge on any atom is -0.242 e. The Morgan fingerprint density at radius 3 is 1.70 bits per heavy atom. The predicted molar refractivity (Wildman–Crippen MR) is 137 cm³/mol. The van der Waals surface area contributed by atoms with E-state index in [1.807, 2.05) is 20.8 Å². The highest BCUT2D eigenvalue weighted by molar-refractivity contribution is 7.84. The second kappa shape index (κ2) is 9.23. The fraction of sp³-hybridized carbons (Fsp3) is 0.538. The van der Waals surface area contributed by atoms with Crippen LogP contribution in [0.1, 0.15) is 85.0 Å². The van der Waals surface area contributed by atoms with E-state index < -0.39 is 18.9 Å². The van der Waals surface area contributed by atoms with Crippen molar-refractivity contribution in [1.29, 1.82) is 0 Å². The Hall–Kier alpha value is -1.02. The largest absolute Gasteiger partial charge is 0.242 e. The molecule has 2 atom stereocenters. The molecule has 0 saturated carbocycles. The van der Waals surface area contributed by atoms with E-state index in [9.17, 15) is 4.21 Å². The highest BCUT2D eigenvalue weighted by Gasteiger charge is 2.38. The summed E-state index contributed by atoms with van der Waals surface area (Å²) in [5, 5.41) is 1.71. The zero-order valence-electron chi connectivity index (χ0n) is 20.5. The monoisotopic (exact) mass is 445 g/mol. The van der Waals surface area contributed by atoms with Crippen molar-refractivity contribution < 1.29 is 4.21 Å². The topological polar surface area (TPSA) is 29.1 Å². The molecular formula is C26H40NOPS. The van der Waals surface area contributed by atoms with Crippen LogP contribution in [0.5, 0.6) is 0 Å². The van der Waals surface area contributed by atoms with Crippen LogP contribution in [-0.4, -0.2) is 19.3 Å². The molecule has 2 aromatic rings. The molecule has 166 valence electrons. The average molecular weight is 446 g/mol. The number of benzene rings is 2. The van der Waals surface area contributed by atoms with Gasteiger partial charge < -0.3 is 0 Å². The minimum absolute atomic E-state index is 0.114. The van der Waals surface area contributed by atoms with Crippen LogP contribution < -0.4 is 10.0 Å². The fourth-order valence-electron chi connectivity index (χ4n) is 4.15. The van der Waals surface area contributed by atoms with Crippen molar-refractivity contribution >= 4 is 24.2 Å². The number of aryl methyl sites for hydroxylation is 1. The van der Waals surface area contributed by atoms with E-state index in [1.165, 1.54) is 22.0 Å². The van der Waals surface area contributed by atoms with Gasteiger partial charge in [-0.05, 0) is 60.0 Å². The van der Waals surface area contributed by atoms with Gasteiger partial charge in [-0.25, -0.2) is 8.93 Å². The summed E-state index contributed by atoms with van der Waals surface area (Å²) in [7, 11) is -1.67. The molecule has 0 aliphatic carbocycles. The first-order valence-electron chi connectivity index (χ1n) is 10.8. The summed E-state index contributed by atoms with van der Waals surface area (Å²) in [5.74, 6) is 0. The van der Waals surface area contributed by atoms with Crippen LogP contribution in [0, 0.1) is 6.92 Å². The maximum absolute atomic E-state index is 13.2. The third kappa shape index (κ3) is 6.02. The zero-order valence-corrected chi connectivity index (χ0v) is 22.2. The van der Waals surface area contributed by atoms with Crippen LogP contribution in [0.3, 0.4) is 0 Å². The highest BCUT2D eigenvalue weighted by Crippen LogP contribution is 2.59. The molecule has 0 fully saturated rings. The van der Waals surface area contributed by atoms with E-state index in [-0.39, 0.29) is 21.1 Å². The average Bonchev–Trinajstić information content (AvgIpc) is 2.57. The molecule has 1 unspecified atom stereocenters. The lowest BCUT2D eigenvalue weighted by Crippen LogP contribution is -2.39. The summed E-state index contributed by atoms with van der Waals surface area (Å²) in [5.41, 5.74) is 3.66. The Bertz CT molecular complexity index is 873. The molecule has 0 heterocycles. The van der Waals surface area contributed by atoms with E-state index >= 15 is 0 Å². The molecule has 0 aliphatic rings. The SMILES string of the molecule is Cc1ccccc1[C@H](NS(=O)C(C)(C)C)c1ccccc1P(C(C)(C)C)C(C)(C)C. The van der Waals surface area contributed by atoms with Gasteiger partial charge in [0, 0.05) is 0 Å². The van der Waals surface area contributed by atoms with E-state index in [0.717, 1.165) is 0 Å². The van der Waals surface area contributed by atoms with Gasteiger partial charge in [0.1, 0.15) is 0 Å². The molecule has 0 spiro atoms. The molecule has 2 rings (SSSR count). The van der Waals surface area contributed by atoms with Crippen molar-refractivity contribution in [3.05, 3.63) is 65.2 Å². The van der Waals surface area contributed by atoms with E-state index in [1.54, 1.807) is 0 Å². The van der Waals surface area contributed by atoms with Gasteiger partial charge in [-0.3, -0.25) is 0 Å². The Morgan fingerprint density at radius 1 is 0.767 bits per heavy atom. The first kappa shape index (κ1) is 25.2. The molecular weight excluding hydrogens is 405 g/mol. The van der Waals surface area contributed by atoms with Crippen molar-refractivity contribution in [3.8, 4) is 0 Å². The van der Waals surface area contributed by atoms with Crippen LogP contribution in [0.25, 0.3) is 0 Å². The van der Waals surface area contributed by atoms with Crippen LogP contribution in [0.2, 0.25) is 0 Å². The lowest BCUT2D eigenvalue weighted by molar-refractivity contribution is 0.623. The summed E-state index contributed by atoms with van der Waals surface area (Å²) in [4.78, 5) is 0. The summed E-state index contributed by atoms with van der Waals surface area (Å²) < 4.78 is 16.4. The maximum Gasteiger partial charge on any atom is 0.0979 e. The number of hydrogen-bond acceptors (Lipinski definition) is 1. The standard InChI is InChI=1S/C26H40NOPS/c1-19-15-11-12-16-20(19)23(27-30(28)26(8,9)10)21-17-13-14-18-22(21)29(24(2,3)4)25(5,6)7/h11-18,23,27H,1-10H3/t23-,30?/m0/s1. The van der Waals surface area contributed by atoms with Crippen molar-refractivity contribution in [3.63, 3.8) is 0 Å². The molecule has 1 N–H and O–H groups in total. The molecule has 0 amide bonds. The molecule has 2 nitrogen and oxygen atoms in total. The number of rotatable bonds is 5. The Morgan fingerprint density at radius 2 is 1.23 bits per heavy atom. The third-order valence-corrected chi connectivity index (χ3v) is 10.2. The summed E-state index contributed by atoms with van der Waals surface area (Å²) in [6, 6.07) is 17.1. The maximum atomic E-state index is 13.2. The van der Waals surface area contributed by atoms with Gasteiger partial charge in [0.2, 0.25) is 0 Å². The van der Waals surface area contributed by atoms with Gasteiger partial charge in [0.25, 0.3) is 0 Å². The van der Waals surface area contributed by atoms with Gasteiger partial charge in [-0.1, -0.05) is 98.0 Å². The molecule has 0 aliphatic heterocycles. The highest BCUT2D eigenvalue weighted by atomic mass is 32.2. The predicted octanol–water partition coefficient (Wildman–Crippen LogP) is 6.84.